The molecule has 1 aliphatic heterocycles. The summed E-state index contributed by atoms with van der Waals surface area (Å²) in [6.07, 6.45) is 2.41. The first kappa shape index (κ1) is 26.5. The van der Waals surface area contributed by atoms with Gasteiger partial charge in [-0.15, -0.1) is 0 Å². The fourth-order valence-electron chi connectivity index (χ4n) is 3.87. The van der Waals surface area contributed by atoms with Crippen molar-refractivity contribution >= 4 is 17.6 Å². The quantitative estimate of drug-likeness (QED) is 0.162. The van der Waals surface area contributed by atoms with Crippen LogP contribution in [0.25, 0.3) is 0 Å². The van der Waals surface area contributed by atoms with Crippen LogP contribution in [0.1, 0.15) is 64.4 Å². The molecule has 0 spiro atoms. The molecule has 0 bridgehead atoms. The number of nitro groups is 1. The smallest absolute Gasteiger partial charge is 0.336 e. The van der Waals surface area contributed by atoms with Crippen LogP contribution in [0, 0.1) is 21.4 Å². The Hall–Kier alpha value is -3.71. The van der Waals surface area contributed by atoms with E-state index >= 15 is 0 Å². The van der Waals surface area contributed by atoms with Crippen molar-refractivity contribution < 1.29 is 24.5 Å². The van der Waals surface area contributed by atoms with Crippen LogP contribution in [0.2, 0.25) is 0 Å². The molecule has 2 rings (SSSR count). The number of carbonyl (C=O) groups is 2. The highest BCUT2D eigenvalue weighted by Gasteiger charge is 2.40. The van der Waals surface area contributed by atoms with Gasteiger partial charge in [-0.05, 0) is 25.3 Å². The molecule has 1 heterocycles. The second kappa shape index (κ2) is 12.5. The molecule has 1 atom stereocenters. The van der Waals surface area contributed by atoms with Gasteiger partial charge >= 0.3 is 5.97 Å². The zero-order valence-corrected chi connectivity index (χ0v) is 19.7. The number of amides is 1. The first-order valence-electron chi connectivity index (χ1n) is 11.3. The van der Waals surface area contributed by atoms with Gasteiger partial charge in [-0.25, -0.2) is 9.86 Å². The molecule has 0 saturated heterocycles. The Morgan fingerprint density at radius 1 is 1.15 bits per heavy atom. The topological polar surface area (TPSA) is 146 Å². The number of nitriles is 1. The van der Waals surface area contributed by atoms with Gasteiger partial charge < -0.3 is 10.1 Å². The van der Waals surface area contributed by atoms with Crippen molar-refractivity contribution in [1.29, 1.82) is 5.26 Å². The Bertz CT molecular complexity index is 1020. The lowest BCUT2D eigenvalue weighted by Crippen LogP contribution is -2.38. The first-order valence-corrected chi connectivity index (χ1v) is 11.3. The lowest BCUT2D eigenvalue weighted by Gasteiger charge is -2.34. The predicted molar refractivity (Wildman–Crippen MR) is 123 cm³/mol. The molecule has 0 fully saturated rings. The van der Waals surface area contributed by atoms with Crippen molar-refractivity contribution in [2.45, 2.75) is 58.8 Å². The zero-order chi connectivity index (χ0) is 25.3. The number of nitrogens with one attached hydrogen (secondary N) is 1. The van der Waals surface area contributed by atoms with Crippen LogP contribution in [-0.2, 0) is 14.3 Å². The summed E-state index contributed by atoms with van der Waals surface area (Å²) in [5, 5.41) is 34.1. The molecule has 1 aromatic carbocycles. The Morgan fingerprint density at radius 3 is 2.24 bits per heavy atom. The molecule has 0 aromatic heterocycles. The number of esters is 1. The van der Waals surface area contributed by atoms with E-state index < -0.39 is 22.7 Å². The number of dihydropyridines is 1. The molecule has 0 saturated carbocycles. The number of allylic oxidation sites excluding steroid dienone is 2. The fraction of sp³-hybridized carbons (Fsp3) is 0.458. The molecule has 0 aliphatic carbocycles. The van der Waals surface area contributed by atoms with E-state index in [1.54, 1.807) is 6.92 Å². The van der Waals surface area contributed by atoms with Crippen LogP contribution >= 0.6 is 0 Å². The van der Waals surface area contributed by atoms with E-state index in [9.17, 15) is 24.9 Å². The Labute approximate surface area is 198 Å². The second-order valence-electron chi connectivity index (χ2n) is 7.76. The van der Waals surface area contributed by atoms with E-state index in [1.807, 2.05) is 19.9 Å². The minimum absolute atomic E-state index is 0.0146. The Morgan fingerprint density at radius 2 is 1.74 bits per heavy atom. The van der Waals surface area contributed by atoms with Gasteiger partial charge in [-0.2, -0.15) is 5.26 Å². The molecule has 1 aromatic rings. The van der Waals surface area contributed by atoms with Crippen LogP contribution in [-0.4, -0.2) is 40.2 Å². The van der Waals surface area contributed by atoms with E-state index in [2.05, 4.69) is 5.32 Å². The maximum absolute atomic E-state index is 13.3. The number of non-ortho nitro benzene ring substituents is 1. The minimum Gasteiger partial charge on any atom is -0.461 e. The summed E-state index contributed by atoms with van der Waals surface area (Å²) in [7, 11) is 0. The first-order chi connectivity index (χ1) is 16.3. The lowest BCUT2D eigenvalue weighted by atomic mass is 9.78. The summed E-state index contributed by atoms with van der Waals surface area (Å²) in [6.45, 7) is 5.43. The van der Waals surface area contributed by atoms with E-state index in [4.69, 9.17) is 10.00 Å². The number of ether oxygens (including phenoxy) is 1. The number of hydroxylamine groups is 2. The number of nitrogens with zero attached hydrogens (tertiary/aromatic N) is 3. The number of hydrogen-bond donors (Lipinski definition) is 2. The molecular formula is C24H30N4O6. The van der Waals surface area contributed by atoms with Gasteiger partial charge in [0.1, 0.15) is 6.61 Å². The Balaban J connectivity index is 2.76. The van der Waals surface area contributed by atoms with E-state index in [0.29, 0.717) is 47.7 Å². The molecule has 10 heteroatoms. The van der Waals surface area contributed by atoms with Crippen LogP contribution in [0.15, 0.2) is 46.8 Å². The number of nitro benzene ring substituents is 1. The van der Waals surface area contributed by atoms with Gasteiger partial charge in [-0.1, -0.05) is 38.8 Å². The monoisotopic (exact) mass is 470 g/mol. The third kappa shape index (κ3) is 5.99. The predicted octanol–water partition coefficient (Wildman–Crippen LogP) is 4.08. The highest BCUT2D eigenvalue weighted by atomic mass is 16.6. The van der Waals surface area contributed by atoms with Crippen LogP contribution in [0.4, 0.5) is 5.69 Å². The van der Waals surface area contributed by atoms with Crippen LogP contribution in [0.3, 0.4) is 0 Å². The number of carbonyl (C=O) groups excluding carboxylic acids is 2. The summed E-state index contributed by atoms with van der Waals surface area (Å²) < 4.78 is 5.34. The van der Waals surface area contributed by atoms with Gasteiger partial charge in [0.2, 0.25) is 0 Å². The van der Waals surface area contributed by atoms with Gasteiger partial charge in [0.15, 0.2) is 0 Å². The molecule has 0 radical (unpaired) electrons. The SMILES string of the molecule is CCCC1=C(C(=O)OCCC#N)C(c2ccc([N+](=O)[O-])cc2)C(C(=O)N(O)CC)=C(CCC)N1. The van der Waals surface area contributed by atoms with Crippen molar-refractivity contribution in [3.05, 3.63) is 62.5 Å². The van der Waals surface area contributed by atoms with Gasteiger partial charge in [0.25, 0.3) is 11.6 Å². The van der Waals surface area contributed by atoms with Crippen molar-refractivity contribution in [3.63, 3.8) is 0 Å². The molecule has 34 heavy (non-hydrogen) atoms. The van der Waals surface area contributed by atoms with Crippen LogP contribution < -0.4 is 5.32 Å². The van der Waals surface area contributed by atoms with Crippen molar-refractivity contribution in [2.75, 3.05) is 13.2 Å². The van der Waals surface area contributed by atoms with Crippen molar-refractivity contribution in [2.24, 2.45) is 0 Å². The van der Waals surface area contributed by atoms with E-state index in [1.165, 1.54) is 24.3 Å². The summed E-state index contributed by atoms with van der Waals surface area (Å²) >= 11 is 0. The highest BCUT2D eigenvalue weighted by molar-refractivity contribution is 6.01. The average Bonchev–Trinajstić information content (AvgIpc) is 2.83. The minimum atomic E-state index is -0.909. The molecule has 1 unspecified atom stereocenters. The lowest BCUT2D eigenvalue weighted by molar-refractivity contribution is -0.384. The summed E-state index contributed by atoms with van der Waals surface area (Å²) in [4.78, 5) is 37.2. The molecule has 182 valence electrons. The van der Waals surface area contributed by atoms with E-state index in [0.717, 1.165) is 0 Å². The number of likely N-dealkylation sites (N-methyl/N-ethyl adjacent to an activating group) is 1. The number of benzene rings is 1. The van der Waals surface area contributed by atoms with Crippen molar-refractivity contribution in [3.8, 4) is 6.07 Å². The molecule has 10 nitrogen and oxygen atoms in total. The summed E-state index contributed by atoms with van der Waals surface area (Å²) in [5.74, 6) is -2.26. The Kier molecular flexibility index (Phi) is 9.76. The zero-order valence-electron chi connectivity index (χ0n) is 19.7. The molecule has 1 aliphatic rings. The van der Waals surface area contributed by atoms with E-state index in [-0.39, 0.29) is 36.4 Å². The normalized spacial score (nSPS) is 15.4. The summed E-state index contributed by atoms with van der Waals surface area (Å²) in [5.41, 5.74) is 1.91. The van der Waals surface area contributed by atoms with Gasteiger partial charge in [0, 0.05) is 30.1 Å². The molecule has 1 amide bonds. The third-order valence-corrected chi connectivity index (χ3v) is 5.40. The average molecular weight is 471 g/mol. The van der Waals surface area contributed by atoms with Crippen LogP contribution in [0.5, 0.6) is 0 Å². The molecular weight excluding hydrogens is 440 g/mol. The number of rotatable bonds is 11. The molecule has 2 N–H and O–H groups in total. The van der Waals surface area contributed by atoms with Gasteiger partial charge in [-0.3, -0.25) is 20.1 Å². The van der Waals surface area contributed by atoms with Crippen molar-refractivity contribution in [1.82, 2.24) is 10.4 Å². The maximum atomic E-state index is 13.3. The largest absolute Gasteiger partial charge is 0.461 e. The number of hydrogen-bond acceptors (Lipinski definition) is 8. The standard InChI is InChI=1S/C24H30N4O6/c1-4-8-18-21(23(29)27(31)6-3)20(16-10-12-17(13-11-16)28(32)33)22(19(26-18)9-5-2)24(30)34-15-7-14-25/h10-13,20,26,31H,4-9,15H2,1-3H3. The third-order valence-electron chi connectivity index (χ3n) is 5.40. The van der Waals surface area contributed by atoms with Gasteiger partial charge in [0.05, 0.1) is 34.5 Å². The fourth-order valence-corrected chi connectivity index (χ4v) is 3.87. The second-order valence-corrected chi connectivity index (χ2v) is 7.76. The highest BCUT2D eigenvalue weighted by Crippen LogP contribution is 2.41. The summed E-state index contributed by atoms with van der Waals surface area (Å²) in [6, 6.07) is 7.56. The maximum Gasteiger partial charge on any atom is 0.336 e.